The van der Waals surface area contributed by atoms with Gasteiger partial charge in [0.1, 0.15) is 29.7 Å². The smallest absolute Gasteiger partial charge is 0.350 e. The molecule has 210 valence electrons. The van der Waals surface area contributed by atoms with Crippen molar-refractivity contribution in [3.8, 4) is 5.75 Å². The summed E-state index contributed by atoms with van der Waals surface area (Å²) in [5, 5.41) is 3.90. The van der Waals surface area contributed by atoms with Gasteiger partial charge in [0.15, 0.2) is 5.69 Å². The Hall–Kier alpha value is -4.15. The quantitative estimate of drug-likeness (QED) is 0.206. The number of nitrogens with one attached hydrogen (secondary N) is 1. The molecule has 0 fully saturated rings. The van der Waals surface area contributed by atoms with Crippen LogP contribution in [0.15, 0.2) is 66.9 Å². The lowest BCUT2D eigenvalue weighted by molar-refractivity contribution is -0.138. The number of amides is 3. The third-order valence-corrected chi connectivity index (χ3v) is 7.29. The van der Waals surface area contributed by atoms with Gasteiger partial charge >= 0.3 is 11.8 Å². The van der Waals surface area contributed by atoms with Crippen molar-refractivity contribution in [3.63, 3.8) is 0 Å². The van der Waals surface area contributed by atoms with E-state index in [1.807, 2.05) is 37.3 Å². The molecule has 0 saturated heterocycles. The average Bonchev–Trinajstić information content (AvgIpc) is 2.95. The second kappa shape index (κ2) is 12.6. The fourth-order valence-corrected chi connectivity index (χ4v) is 4.83. The van der Waals surface area contributed by atoms with Gasteiger partial charge in [-0.3, -0.25) is 4.79 Å². The number of carbonyl (C=O) groups excluding carboxylic acids is 3. The van der Waals surface area contributed by atoms with E-state index in [0.717, 1.165) is 10.9 Å². The van der Waals surface area contributed by atoms with Crippen molar-refractivity contribution in [2.75, 3.05) is 18.9 Å². The highest BCUT2D eigenvalue weighted by Gasteiger charge is 2.42. The molecule has 0 aliphatic rings. The number of aryl methyl sites for hydroxylation is 1. The number of carbonyl (C=O) groups is 3. The maximum Gasteiger partial charge on any atom is 0.350 e. The van der Waals surface area contributed by atoms with E-state index in [1.165, 1.54) is 38.4 Å². The lowest BCUT2D eigenvalue weighted by atomic mass is 10.1. The molecule has 11 heteroatoms. The first-order valence-corrected chi connectivity index (χ1v) is 13.3. The molecule has 1 unspecified atom stereocenters. The first kappa shape index (κ1) is 29.8. The van der Waals surface area contributed by atoms with Gasteiger partial charge in [0.2, 0.25) is 5.91 Å². The first-order valence-electron chi connectivity index (χ1n) is 12.6. The van der Waals surface area contributed by atoms with E-state index in [0.29, 0.717) is 33.4 Å². The number of hydrogen-bond acceptors (Lipinski definition) is 7. The van der Waals surface area contributed by atoms with E-state index in [4.69, 9.17) is 33.7 Å². The number of halogens is 2. The molecule has 4 rings (SSSR count). The number of anilines is 1. The van der Waals surface area contributed by atoms with Crippen molar-refractivity contribution in [3.05, 3.63) is 93.7 Å². The summed E-state index contributed by atoms with van der Waals surface area (Å²) < 4.78 is 5.24. The second-order valence-electron chi connectivity index (χ2n) is 9.35. The van der Waals surface area contributed by atoms with E-state index in [2.05, 4.69) is 15.3 Å². The highest BCUT2D eigenvalue weighted by molar-refractivity contribution is 6.38. The largest absolute Gasteiger partial charge is 0.487 e. The minimum Gasteiger partial charge on any atom is -0.487 e. The van der Waals surface area contributed by atoms with Crippen LogP contribution in [0.4, 0.5) is 11.5 Å². The number of aromatic nitrogens is 2. The molecule has 2 aromatic heterocycles. The van der Waals surface area contributed by atoms with Crippen LogP contribution >= 0.6 is 23.2 Å². The molecule has 2 aromatic carbocycles. The molecule has 0 aliphatic heterocycles. The van der Waals surface area contributed by atoms with Crippen molar-refractivity contribution in [1.29, 1.82) is 0 Å². The Morgan fingerprint density at radius 1 is 1.10 bits per heavy atom. The predicted octanol–water partition coefficient (Wildman–Crippen LogP) is 5.44. The van der Waals surface area contributed by atoms with Gasteiger partial charge in [0, 0.05) is 41.2 Å². The van der Waals surface area contributed by atoms with Crippen LogP contribution < -0.4 is 20.3 Å². The maximum absolute atomic E-state index is 13.5. The van der Waals surface area contributed by atoms with Crippen LogP contribution in [-0.2, 0) is 21.0 Å². The predicted molar refractivity (Wildman–Crippen MR) is 162 cm³/mol. The molecule has 3 amide bonds. The van der Waals surface area contributed by atoms with Gasteiger partial charge < -0.3 is 15.8 Å². The zero-order chi connectivity index (χ0) is 29.7. The number of fused-ring (bicyclic) bond motifs is 1. The average molecular weight is 593 g/mol. The first-order chi connectivity index (χ1) is 19.5. The monoisotopic (exact) mass is 592 g/mol. The topological polar surface area (TPSA) is 124 Å². The number of imide groups is 1. The van der Waals surface area contributed by atoms with E-state index in [9.17, 15) is 14.4 Å². The number of ether oxygens (including phenoxy) is 1. The van der Waals surface area contributed by atoms with E-state index < -0.39 is 22.8 Å². The summed E-state index contributed by atoms with van der Waals surface area (Å²) in [4.78, 5) is 46.6. The Kier molecular flexibility index (Phi) is 9.14. The lowest BCUT2D eigenvalue weighted by Gasteiger charge is -2.28. The molecule has 0 aliphatic carbocycles. The third-order valence-electron chi connectivity index (χ3n) is 6.51. The lowest BCUT2D eigenvalue weighted by Crippen LogP contribution is -2.57. The third kappa shape index (κ3) is 6.44. The van der Waals surface area contributed by atoms with Crippen molar-refractivity contribution in [1.82, 2.24) is 14.5 Å². The number of para-hydroxylation sites is 1. The van der Waals surface area contributed by atoms with Crippen LogP contribution in [-0.4, -0.2) is 41.3 Å². The summed E-state index contributed by atoms with van der Waals surface area (Å²) in [6.07, 6.45) is 4.25. The van der Waals surface area contributed by atoms with Crippen molar-refractivity contribution in [2.45, 2.75) is 20.5 Å². The Bertz CT molecular complexity index is 1670. The fourth-order valence-electron chi connectivity index (χ4n) is 4.19. The summed E-state index contributed by atoms with van der Waals surface area (Å²) in [5.41, 5.74) is 8.44. The molecule has 4 aromatic rings. The summed E-state index contributed by atoms with van der Waals surface area (Å²) >= 11 is 13.3. The number of nitrogens with two attached hydrogens (primary N) is 1. The molecule has 0 bridgehead atoms. The molecule has 0 radical (unpaired) electrons. The molecule has 1 atom stereocenters. The highest BCUT2D eigenvalue weighted by Crippen LogP contribution is 2.38. The van der Waals surface area contributed by atoms with E-state index in [-0.39, 0.29) is 23.2 Å². The standard InChI is InChI=1S/C30H27Cl2N5O4/c1-18-26(14-21-6-4-5-7-24(21)35-18)41-17-22-23(31)10-11-25(30(22)32)37(3,29(40)15-33)28(39)13-9-20-8-12-27(34-16-20)36-19(2)38/h4-14,16H,15,17,33H2,1-3H3/p+1. The number of benzene rings is 2. The molecule has 9 nitrogen and oxygen atoms in total. The second-order valence-corrected chi connectivity index (χ2v) is 10.1. The van der Waals surface area contributed by atoms with Gasteiger partial charge in [-0.2, -0.15) is 4.48 Å². The number of quaternary nitrogens is 1. The van der Waals surface area contributed by atoms with Crippen LogP contribution in [0.5, 0.6) is 5.75 Å². The van der Waals surface area contributed by atoms with Crippen molar-refractivity contribution < 1.29 is 19.1 Å². The number of likely N-dealkylation sites (N-methyl/N-ethyl adjacent to an activating group) is 1. The zero-order valence-corrected chi connectivity index (χ0v) is 24.2. The number of hydrogen-bond donors (Lipinski definition) is 2. The van der Waals surface area contributed by atoms with Crippen LogP contribution in [0.1, 0.15) is 23.7 Å². The summed E-state index contributed by atoms with van der Waals surface area (Å²) in [6, 6.07) is 15.9. The van der Waals surface area contributed by atoms with Gasteiger partial charge in [-0.25, -0.2) is 19.6 Å². The SMILES string of the molecule is CC(=O)Nc1ccc(C=CC(=O)[N+](C)(C(=O)CN)c2ccc(Cl)c(COc3cc4ccccc4nc3C)c2Cl)cn1. The van der Waals surface area contributed by atoms with Crippen LogP contribution in [0.3, 0.4) is 0 Å². The maximum atomic E-state index is 13.5. The Morgan fingerprint density at radius 2 is 1.85 bits per heavy atom. The molecule has 41 heavy (non-hydrogen) atoms. The minimum absolute atomic E-state index is 0.0282. The zero-order valence-electron chi connectivity index (χ0n) is 22.7. The van der Waals surface area contributed by atoms with Crippen molar-refractivity contribution in [2.24, 2.45) is 5.73 Å². The van der Waals surface area contributed by atoms with Gasteiger partial charge in [0.05, 0.1) is 18.3 Å². The van der Waals surface area contributed by atoms with Gasteiger partial charge in [-0.05, 0) is 48.9 Å². The Morgan fingerprint density at radius 3 is 2.54 bits per heavy atom. The molecule has 2 heterocycles. The summed E-state index contributed by atoms with van der Waals surface area (Å²) in [7, 11) is 1.43. The Balaban J connectivity index is 1.64. The molecule has 0 saturated carbocycles. The number of pyridine rings is 2. The summed E-state index contributed by atoms with van der Waals surface area (Å²) in [5.74, 6) is -0.495. The molecule has 3 N–H and O–H groups in total. The van der Waals surface area contributed by atoms with Crippen LogP contribution in [0, 0.1) is 6.92 Å². The fraction of sp³-hybridized carbons (Fsp3) is 0.167. The molecular formula is C30H28Cl2N5O4+. The Labute approximate surface area is 247 Å². The minimum atomic E-state index is -0.829. The van der Waals surface area contributed by atoms with E-state index >= 15 is 0 Å². The number of rotatable bonds is 8. The van der Waals surface area contributed by atoms with Gasteiger partial charge in [-0.15, -0.1) is 0 Å². The van der Waals surface area contributed by atoms with Gasteiger partial charge in [0.25, 0.3) is 0 Å². The van der Waals surface area contributed by atoms with Crippen LogP contribution in [0.25, 0.3) is 17.0 Å². The normalized spacial score (nSPS) is 12.7. The molecular weight excluding hydrogens is 565 g/mol. The van der Waals surface area contributed by atoms with Crippen LogP contribution in [0.2, 0.25) is 10.0 Å². The van der Waals surface area contributed by atoms with E-state index in [1.54, 1.807) is 18.2 Å². The molecule has 0 spiro atoms. The summed E-state index contributed by atoms with van der Waals surface area (Å²) in [6.45, 7) is 2.78. The number of nitrogens with zero attached hydrogens (tertiary/aromatic N) is 3. The van der Waals surface area contributed by atoms with Crippen molar-refractivity contribution >= 4 is 69.4 Å². The highest BCUT2D eigenvalue weighted by atomic mass is 35.5. The van der Waals surface area contributed by atoms with Gasteiger partial charge in [-0.1, -0.05) is 41.4 Å².